The average molecular weight is 268 g/mol. The number of primary amides is 1. The maximum atomic E-state index is 12.2. The molecule has 0 aliphatic heterocycles. The van der Waals surface area contributed by atoms with Crippen molar-refractivity contribution in [3.05, 3.63) is 12.7 Å². The lowest BCUT2D eigenvalue weighted by Gasteiger charge is -2.29. The third-order valence-corrected chi connectivity index (χ3v) is 3.05. The van der Waals surface area contributed by atoms with Gasteiger partial charge in [-0.1, -0.05) is 26.8 Å². The molecule has 0 aromatic rings. The lowest BCUT2D eigenvalue weighted by molar-refractivity contribution is -0.134. The van der Waals surface area contributed by atoms with Crippen LogP contribution in [0, 0.1) is 17.3 Å². The van der Waals surface area contributed by atoms with Crippen molar-refractivity contribution in [2.75, 3.05) is 6.54 Å². The van der Waals surface area contributed by atoms with E-state index in [1.807, 2.05) is 6.92 Å². The summed E-state index contributed by atoms with van der Waals surface area (Å²) in [6.07, 6.45) is 3.66. The van der Waals surface area contributed by atoms with E-state index in [0.29, 0.717) is 25.8 Å². The molecule has 4 nitrogen and oxygen atoms in total. The summed E-state index contributed by atoms with van der Waals surface area (Å²) in [6, 6.07) is 0. The van der Waals surface area contributed by atoms with Crippen molar-refractivity contribution in [3.8, 4) is 0 Å². The summed E-state index contributed by atoms with van der Waals surface area (Å²) in [4.78, 5) is 23.8. The van der Waals surface area contributed by atoms with E-state index < -0.39 is 11.8 Å². The Balaban J connectivity index is 5.08. The van der Waals surface area contributed by atoms with E-state index in [4.69, 9.17) is 5.73 Å². The quantitative estimate of drug-likeness (QED) is 0.663. The molecule has 3 N–H and O–H groups in total. The number of nitrogens with one attached hydrogen (secondary N) is 1. The second kappa shape index (κ2) is 7.97. The van der Waals surface area contributed by atoms with E-state index in [1.165, 1.54) is 0 Å². The highest BCUT2D eigenvalue weighted by molar-refractivity contribution is 5.86. The summed E-state index contributed by atoms with van der Waals surface area (Å²) in [5.74, 6) is -1.27. The van der Waals surface area contributed by atoms with Gasteiger partial charge in [0.2, 0.25) is 11.8 Å². The molecule has 0 aliphatic rings. The van der Waals surface area contributed by atoms with Crippen LogP contribution < -0.4 is 11.1 Å². The molecule has 2 amide bonds. The number of rotatable bonds is 8. The predicted octanol–water partition coefficient (Wildman–Crippen LogP) is 2.24. The van der Waals surface area contributed by atoms with Gasteiger partial charge in [-0.25, -0.2) is 0 Å². The predicted molar refractivity (Wildman–Crippen MR) is 78.4 cm³/mol. The largest absolute Gasteiger partial charge is 0.369 e. The van der Waals surface area contributed by atoms with Gasteiger partial charge in [0.15, 0.2) is 0 Å². The molecule has 0 saturated heterocycles. The zero-order valence-electron chi connectivity index (χ0n) is 12.7. The van der Waals surface area contributed by atoms with Gasteiger partial charge in [0.25, 0.3) is 0 Å². The van der Waals surface area contributed by atoms with Crippen LogP contribution in [-0.2, 0) is 9.59 Å². The lowest BCUT2D eigenvalue weighted by Crippen LogP contribution is -2.42. The van der Waals surface area contributed by atoms with E-state index in [9.17, 15) is 9.59 Å². The van der Waals surface area contributed by atoms with Crippen molar-refractivity contribution in [1.82, 2.24) is 5.32 Å². The molecule has 2 atom stereocenters. The summed E-state index contributed by atoms with van der Waals surface area (Å²) in [5.41, 5.74) is 5.45. The normalized spacial score (nSPS) is 14.5. The van der Waals surface area contributed by atoms with Gasteiger partial charge in [0.1, 0.15) is 0 Å². The Morgan fingerprint density at radius 1 is 1.32 bits per heavy atom. The summed E-state index contributed by atoms with van der Waals surface area (Å²) in [5, 5.41) is 2.81. The molecule has 0 aliphatic carbocycles. The highest BCUT2D eigenvalue weighted by Gasteiger charge is 2.34. The first-order valence-electron chi connectivity index (χ1n) is 6.90. The van der Waals surface area contributed by atoms with Gasteiger partial charge in [0, 0.05) is 18.4 Å². The maximum absolute atomic E-state index is 12.2. The first-order valence-corrected chi connectivity index (χ1v) is 6.90. The van der Waals surface area contributed by atoms with Crippen LogP contribution in [0.4, 0.5) is 0 Å². The van der Waals surface area contributed by atoms with Crippen LogP contribution in [0.15, 0.2) is 12.7 Å². The average Bonchev–Trinajstić information content (AvgIpc) is 2.26. The number of hydrogen-bond donors (Lipinski definition) is 2. The second-order valence-electron chi connectivity index (χ2n) is 6.14. The van der Waals surface area contributed by atoms with Crippen LogP contribution in [0.25, 0.3) is 0 Å². The van der Waals surface area contributed by atoms with Crippen molar-refractivity contribution < 1.29 is 9.59 Å². The summed E-state index contributed by atoms with van der Waals surface area (Å²) >= 11 is 0. The highest BCUT2D eigenvalue weighted by atomic mass is 16.2. The Kier molecular flexibility index (Phi) is 7.42. The number of carbonyl (C=O) groups excluding carboxylic acids is 2. The Morgan fingerprint density at radius 3 is 2.26 bits per heavy atom. The summed E-state index contributed by atoms with van der Waals surface area (Å²) < 4.78 is 0. The monoisotopic (exact) mass is 268 g/mol. The maximum Gasteiger partial charge on any atom is 0.223 e. The van der Waals surface area contributed by atoms with Crippen molar-refractivity contribution in [2.45, 2.75) is 47.0 Å². The minimum absolute atomic E-state index is 0.0301. The lowest BCUT2D eigenvalue weighted by atomic mass is 9.76. The second-order valence-corrected chi connectivity index (χ2v) is 6.14. The SMILES string of the molecule is C=CCCC(C(N)=O)[C@@H](CC(C)(C)C)C(=O)NCC. The Labute approximate surface area is 116 Å². The van der Waals surface area contributed by atoms with Gasteiger partial charge in [0.05, 0.1) is 0 Å². The molecular weight excluding hydrogens is 240 g/mol. The van der Waals surface area contributed by atoms with Crippen LogP contribution in [0.5, 0.6) is 0 Å². The van der Waals surface area contributed by atoms with E-state index in [-0.39, 0.29) is 17.2 Å². The molecule has 1 unspecified atom stereocenters. The molecule has 0 bridgehead atoms. The molecule has 0 rings (SSSR count). The zero-order valence-corrected chi connectivity index (χ0v) is 12.7. The van der Waals surface area contributed by atoms with Crippen LogP contribution in [0.3, 0.4) is 0 Å². The first kappa shape index (κ1) is 17.7. The third-order valence-electron chi connectivity index (χ3n) is 3.05. The minimum Gasteiger partial charge on any atom is -0.369 e. The number of nitrogens with two attached hydrogens (primary N) is 1. The molecule has 4 heteroatoms. The molecule has 0 aromatic heterocycles. The number of hydrogen-bond acceptors (Lipinski definition) is 2. The van der Waals surface area contributed by atoms with Crippen molar-refractivity contribution in [1.29, 1.82) is 0 Å². The van der Waals surface area contributed by atoms with Crippen molar-refractivity contribution >= 4 is 11.8 Å². The molecule has 0 fully saturated rings. The number of amides is 2. The Hall–Kier alpha value is -1.32. The van der Waals surface area contributed by atoms with Gasteiger partial charge in [-0.3, -0.25) is 9.59 Å². The first-order chi connectivity index (χ1) is 8.72. The number of allylic oxidation sites excluding steroid dienone is 1. The fourth-order valence-electron chi connectivity index (χ4n) is 2.22. The summed E-state index contributed by atoms with van der Waals surface area (Å²) in [7, 11) is 0. The van der Waals surface area contributed by atoms with Gasteiger partial charge in [-0.15, -0.1) is 6.58 Å². The van der Waals surface area contributed by atoms with E-state index >= 15 is 0 Å². The Morgan fingerprint density at radius 2 is 1.89 bits per heavy atom. The molecule has 19 heavy (non-hydrogen) atoms. The minimum atomic E-state index is -0.427. The standard InChI is InChI=1S/C15H28N2O2/c1-6-8-9-11(13(16)18)12(10-15(3,4)5)14(19)17-7-2/h6,11-12H,1,7-10H2,2-5H3,(H2,16,18)(H,17,19)/t11?,12-/m1/s1. The van der Waals surface area contributed by atoms with Gasteiger partial charge in [-0.2, -0.15) is 0 Å². The van der Waals surface area contributed by atoms with Gasteiger partial charge in [-0.05, 0) is 31.6 Å². The van der Waals surface area contributed by atoms with E-state index in [2.05, 4.69) is 32.7 Å². The highest BCUT2D eigenvalue weighted by Crippen LogP contribution is 2.31. The molecule has 0 radical (unpaired) electrons. The zero-order chi connectivity index (χ0) is 15.1. The molecule has 0 saturated carbocycles. The Bertz CT molecular complexity index is 319. The summed E-state index contributed by atoms with van der Waals surface area (Å²) in [6.45, 7) is 12.3. The van der Waals surface area contributed by atoms with E-state index in [1.54, 1.807) is 6.08 Å². The van der Waals surface area contributed by atoms with Crippen molar-refractivity contribution in [3.63, 3.8) is 0 Å². The molecule has 110 valence electrons. The third kappa shape index (κ3) is 6.99. The fourth-order valence-corrected chi connectivity index (χ4v) is 2.22. The van der Waals surface area contributed by atoms with Crippen LogP contribution in [0.1, 0.15) is 47.0 Å². The topological polar surface area (TPSA) is 72.2 Å². The van der Waals surface area contributed by atoms with Crippen LogP contribution >= 0.6 is 0 Å². The van der Waals surface area contributed by atoms with Crippen molar-refractivity contribution in [2.24, 2.45) is 23.0 Å². The molecule has 0 spiro atoms. The van der Waals surface area contributed by atoms with E-state index in [0.717, 1.165) is 0 Å². The number of carbonyl (C=O) groups is 2. The molecular formula is C15H28N2O2. The fraction of sp³-hybridized carbons (Fsp3) is 0.733. The van der Waals surface area contributed by atoms with Crippen LogP contribution in [0.2, 0.25) is 0 Å². The van der Waals surface area contributed by atoms with Gasteiger partial charge < -0.3 is 11.1 Å². The van der Waals surface area contributed by atoms with Gasteiger partial charge >= 0.3 is 0 Å². The molecule has 0 aromatic carbocycles. The molecule has 0 heterocycles. The van der Waals surface area contributed by atoms with Crippen LogP contribution in [-0.4, -0.2) is 18.4 Å². The smallest absolute Gasteiger partial charge is 0.223 e.